The number of hydrogen-bond acceptors (Lipinski definition) is 4. The number of benzene rings is 1. The molecular weight excluding hydrogens is 316 g/mol. The van der Waals surface area contributed by atoms with Gasteiger partial charge < -0.3 is 10.1 Å². The molecule has 1 N–H and O–H groups in total. The Morgan fingerprint density at radius 3 is 2.83 bits per heavy atom. The highest BCUT2D eigenvalue weighted by Crippen LogP contribution is 2.17. The maximum atomic E-state index is 11.8. The van der Waals surface area contributed by atoms with Gasteiger partial charge in [-0.2, -0.15) is 0 Å². The van der Waals surface area contributed by atoms with E-state index in [-0.39, 0.29) is 5.91 Å². The van der Waals surface area contributed by atoms with Crippen LogP contribution in [0.1, 0.15) is 6.92 Å². The molecule has 0 spiro atoms. The van der Waals surface area contributed by atoms with Gasteiger partial charge in [-0.1, -0.05) is 27.7 Å². The second-order valence-electron chi connectivity index (χ2n) is 3.74. The summed E-state index contributed by atoms with van der Waals surface area (Å²) in [4.78, 5) is 16.0. The Bertz CT molecular complexity index is 462. The Morgan fingerprint density at radius 1 is 1.50 bits per heavy atom. The molecule has 1 atom stereocenters. The van der Waals surface area contributed by atoms with E-state index in [4.69, 9.17) is 4.74 Å². The largest absolute Gasteiger partial charge is 0.481 e. The monoisotopic (exact) mass is 328 g/mol. The fourth-order valence-corrected chi connectivity index (χ4v) is 2.38. The molecule has 0 aromatic heterocycles. The molecule has 18 heavy (non-hydrogen) atoms. The van der Waals surface area contributed by atoms with E-state index in [1.807, 2.05) is 24.3 Å². The molecule has 0 bridgehead atoms. The lowest BCUT2D eigenvalue weighted by Crippen LogP contribution is -2.38. The first-order valence-electron chi connectivity index (χ1n) is 5.55. The summed E-state index contributed by atoms with van der Waals surface area (Å²) >= 11 is 4.90. The molecule has 0 saturated carbocycles. The first-order chi connectivity index (χ1) is 8.65. The van der Waals surface area contributed by atoms with Gasteiger partial charge in [-0.15, -0.1) is 0 Å². The van der Waals surface area contributed by atoms with Crippen LogP contribution in [-0.4, -0.2) is 29.5 Å². The van der Waals surface area contributed by atoms with E-state index in [0.717, 1.165) is 16.8 Å². The molecular formula is C12H13BrN2O2S. The minimum Gasteiger partial charge on any atom is -0.481 e. The number of rotatable bonds is 3. The van der Waals surface area contributed by atoms with Crippen LogP contribution in [0.4, 0.5) is 0 Å². The molecule has 1 aliphatic heterocycles. The van der Waals surface area contributed by atoms with Crippen molar-refractivity contribution in [3.05, 3.63) is 28.7 Å². The first kappa shape index (κ1) is 13.4. The number of halogens is 1. The van der Waals surface area contributed by atoms with Crippen molar-refractivity contribution in [1.29, 1.82) is 0 Å². The quantitative estimate of drug-likeness (QED) is 0.927. The van der Waals surface area contributed by atoms with E-state index in [2.05, 4.69) is 26.2 Å². The Morgan fingerprint density at radius 2 is 2.22 bits per heavy atom. The van der Waals surface area contributed by atoms with E-state index >= 15 is 0 Å². The van der Waals surface area contributed by atoms with Crippen molar-refractivity contribution in [2.75, 3.05) is 12.3 Å². The van der Waals surface area contributed by atoms with E-state index in [1.54, 1.807) is 18.7 Å². The van der Waals surface area contributed by atoms with Gasteiger partial charge in [0.15, 0.2) is 11.3 Å². The van der Waals surface area contributed by atoms with Crippen molar-refractivity contribution >= 4 is 38.8 Å². The normalized spacial score (nSPS) is 16.0. The standard InChI is InChI=1S/C12H13BrN2O2S/c1-8(11(16)15-12-14-6-7-18-12)17-10-4-2-9(13)3-5-10/h2-5,8H,6-7H2,1H3,(H,14,15,16)/t8-/m0/s1. The highest BCUT2D eigenvalue weighted by atomic mass is 79.9. The van der Waals surface area contributed by atoms with Gasteiger partial charge in [-0.05, 0) is 31.2 Å². The Balaban J connectivity index is 1.88. The lowest BCUT2D eigenvalue weighted by molar-refractivity contribution is -0.125. The van der Waals surface area contributed by atoms with Crippen molar-refractivity contribution in [1.82, 2.24) is 5.32 Å². The third-order valence-corrected chi connectivity index (χ3v) is 3.73. The summed E-state index contributed by atoms with van der Waals surface area (Å²) in [5, 5.41) is 3.44. The number of thioether (sulfide) groups is 1. The summed E-state index contributed by atoms with van der Waals surface area (Å²) in [5.74, 6) is 1.42. The fraction of sp³-hybridized carbons (Fsp3) is 0.333. The predicted molar refractivity (Wildman–Crippen MR) is 77.1 cm³/mol. The minimum absolute atomic E-state index is 0.175. The van der Waals surface area contributed by atoms with Crippen LogP contribution in [-0.2, 0) is 4.79 Å². The molecule has 1 aromatic rings. The third-order valence-electron chi connectivity index (χ3n) is 2.31. The molecule has 96 valence electrons. The molecule has 0 radical (unpaired) electrons. The molecule has 0 aliphatic carbocycles. The summed E-state index contributed by atoms with van der Waals surface area (Å²) < 4.78 is 6.52. The Labute approximate surface area is 118 Å². The van der Waals surface area contributed by atoms with Gasteiger partial charge >= 0.3 is 0 Å². The van der Waals surface area contributed by atoms with Crippen LogP contribution >= 0.6 is 27.7 Å². The molecule has 4 nitrogen and oxygen atoms in total. The minimum atomic E-state index is -0.546. The lowest BCUT2D eigenvalue weighted by Gasteiger charge is -2.14. The number of hydrogen-bond donors (Lipinski definition) is 1. The van der Waals surface area contributed by atoms with Crippen molar-refractivity contribution < 1.29 is 9.53 Å². The molecule has 6 heteroatoms. The van der Waals surface area contributed by atoms with Crippen LogP contribution < -0.4 is 10.1 Å². The molecule has 0 unspecified atom stereocenters. The van der Waals surface area contributed by atoms with Gasteiger partial charge in [-0.3, -0.25) is 9.79 Å². The summed E-state index contributed by atoms with van der Waals surface area (Å²) in [6.45, 7) is 2.49. The molecule has 1 amide bonds. The maximum Gasteiger partial charge on any atom is 0.266 e. The summed E-state index contributed by atoms with van der Waals surface area (Å²) in [6.07, 6.45) is -0.546. The number of nitrogens with zero attached hydrogens (tertiary/aromatic N) is 1. The van der Waals surface area contributed by atoms with Gasteiger partial charge in [0.2, 0.25) is 0 Å². The number of aliphatic imine (C=N–C) groups is 1. The summed E-state index contributed by atoms with van der Waals surface area (Å²) in [7, 11) is 0. The third kappa shape index (κ3) is 3.74. The molecule has 1 aromatic carbocycles. The average molecular weight is 329 g/mol. The van der Waals surface area contributed by atoms with Gasteiger partial charge in [0.25, 0.3) is 5.91 Å². The highest BCUT2D eigenvalue weighted by Gasteiger charge is 2.18. The van der Waals surface area contributed by atoms with Crippen molar-refractivity contribution in [3.63, 3.8) is 0 Å². The van der Waals surface area contributed by atoms with Crippen LogP contribution in [0.15, 0.2) is 33.7 Å². The number of nitrogens with one attached hydrogen (secondary N) is 1. The van der Waals surface area contributed by atoms with Gasteiger partial charge in [0.1, 0.15) is 5.75 Å². The fourth-order valence-electron chi connectivity index (χ4n) is 1.39. The topological polar surface area (TPSA) is 50.7 Å². The lowest BCUT2D eigenvalue weighted by atomic mass is 10.3. The predicted octanol–water partition coefficient (Wildman–Crippen LogP) is 2.44. The van der Waals surface area contributed by atoms with Crippen LogP contribution in [0.2, 0.25) is 0 Å². The van der Waals surface area contributed by atoms with E-state index < -0.39 is 6.10 Å². The smallest absolute Gasteiger partial charge is 0.266 e. The number of carbonyl (C=O) groups excluding carboxylic acids is 1. The Kier molecular flexibility index (Phi) is 4.66. The van der Waals surface area contributed by atoms with Crippen LogP contribution in [0.3, 0.4) is 0 Å². The molecule has 1 heterocycles. The average Bonchev–Trinajstić information content (AvgIpc) is 2.85. The zero-order valence-electron chi connectivity index (χ0n) is 9.85. The van der Waals surface area contributed by atoms with E-state index in [1.165, 1.54) is 0 Å². The molecule has 0 fully saturated rings. The number of ether oxygens (including phenoxy) is 1. The zero-order valence-corrected chi connectivity index (χ0v) is 12.3. The van der Waals surface area contributed by atoms with E-state index in [9.17, 15) is 4.79 Å². The Hall–Kier alpha value is -1.01. The second kappa shape index (κ2) is 6.24. The molecule has 1 aliphatic rings. The first-order valence-corrected chi connectivity index (χ1v) is 7.33. The molecule has 2 rings (SSSR count). The van der Waals surface area contributed by atoms with Gasteiger partial charge in [-0.25, -0.2) is 0 Å². The highest BCUT2D eigenvalue weighted by molar-refractivity contribution is 9.10. The molecule has 0 saturated heterocycles. The zero-order chi connectivity index (χ0) is 13.0. The summed E-state index contributed by atoms with van der Waals surface area (Å²) in [5.41, 5.74) is 0. The van der Waals surface area contributed by atoms with Crippen molar-refractivity contribution in [2.45, 2.75) is 13.0 Å². The number of carbonyl (C=O) groups is 1. The number of amides is 1. The van der Waals surface area contributed by atoms with Gasteiger partial charge in [0.05, 0.1) is 6.54 Å². The number of amidine groups is 1. The van der Waals surface area contributed by atoms with Gasteiger partial charge in [0, 0.05) is 10.2 Å². The maximum absolute atomic E-state index is 11.8. The summed E-state index contributed by atoms with van der Waals surface area (Å²) in [6, 6.07) is 7.37. The second-order valence-corrected chi connectivity index (χ2v) is 5.74. The van der Waals surface area contributed by atoms with Crippen molar-refractivity contribution in [3.8, 4) is 5.75 Å². The van der Waals surface area contributed by atoms with Crippen molar-refractivity contribution in [2.24, 2.45) is 4.99 Å². The van der Waals surface area contributed by atoms with Crippen LogP contribution in [0.25, 0.3) is 0 Å². The van der Waals surface area contributed by atoms with Crippen LogP contribution in [0.5, 0.6) is 5.75 Å². The van der Waals surface area contributed by atoms with E-state index in [0.29, 0.717) is 10.9 Å². The SMILES string of the molecule is C[C@H](Oc1ccc(Br)cc1)C(=O)NC1=NCCS1. The van der Waals surface area contributed by atoms with Crippen LogP contribution in [0, 0.1) is 0 Å².